The van der Waals surface area contributed by atoms with Crippen LogP contribution in [0.15, 0.2) is 18.3 Å². The Bertz CT molecular complexity index is 295. The molecule has 0 saturated heterocycles. The lowest BCUT2D eigenvalue weighted by atomic mass is 10.3. The van der Waals surface area contributed by atoms with Crippen LogP contribution in [0.2, 0.25) is 0 Å². The van der Waals surface area contributed by atoms with Crippen molar-refractivity contribution < 1.29 is 4.79 Å². The number of pyridine rings is 1. The van der Waals surface area contributed by atoms with E-state index in [0.29, 0.717) is 18.8 Å². The van der Waals surface area contributed by atoms with E-state index in [1.54, 1.807) is 12.3 Å². The fourth-order valence-corrected chi connectivity index (χ4v) is 0.986. The molecule has 0 fully saturated rings. The molecule has 0 bridgehead atoms. The van der Waals surface area contributed by atoms with Crippen molar-refractivity contribution in [1.29, 1.82) is 0 Å². The van der Waals surface area contributed by atoms with E-state index in [2.05, 4.69) is 15.6 Å². The molecule has 0 unspecified atom stereocenters. The Labute approximate surface area is 83.7 Å². The number of anilines is 1. The number of hydrogen-bond acceptors (Lipinski definition) is 3. The van der Waals surface area contributed by atoms with Crippen molar-refractivity contribution in [3.8, 4) is 0 Å². The van der Waals surface area contributed by atoms with E-state index in [-0.39, 0.29) is 5.91 Å². The standard InChI is InChI=1S/C10H15N3O/c1-8-3-4-9(12-7-8)13-10(14)5-6-11-2/h3-4,7,11H,5-6H2,1-2H3,(H,12,13,14). The van der Waals surface area contributed by atoms with E-state index in [0.717, 1.165) is 5.56 Å². The van der Waals surface area contributed by atoms with Crippen LogP contribution >= 0.6 is 0 Å². The largest absolute Gasteiger partial charge is 0.319 e. The second kappa shape index (κ2) is 5.34. The summed E-state index contributed by atoms with van der Waals surface area (Å²) in [4.78, 5) is 15.3. The van der Waals surface area contributed by atoms with Gasteiger partial charge in [-0.25, -0.2) is 4.98 Å². The van der Waals surface area contributed by atoms with E-state index >= 15 is 0 Å². The SMILES string of the molecule is CNCCC(=O)Nc1ccc(C)cn1. The molecule has 14 heavy (non-hydrogen) atoms. The van der Waals surface area contributed by atoms with Gasteiger partial charge in [-0.05, 0) is 25.6 Å². The lowest BCUT2D eigenvalue weighted by Crippen LogP contribution is -2.19. The van der Waals surface area contributed by atoms with Crippen molar-refractivity contribution in [3.05, 3.63) is 23.9 Å². The quantitative estimate of drug-likeness (QED) is 0.748. The van der Waals surface area contributed by atoms with Gasteiger partial charge in [0.25, 0.3) is 0 Å². The molecule has 0 aliphatic heterocycles. The Morgan fingerprint density at radius 3 is 2.86 bits per heavy atom. The Morgan fingerprint density at radius 1 is 1.50 bits per heavy atom. The van der Waals surface area contributed by atoms with Gasteiger partial charge in [0.2, 0.25) is 5.91 Å². The number of carbonyl (C=O) groups is 1. The molecule has 0 saturated carbocycles. The zero-order chi connectivity index (χ0) is 10.4. The van der Waals surface area contributed by atoms with Crippen LogP contribution in [-0.2, 0) is 4.79 Å². The zero-order valence-electron chi connectivity index (χ0n) is 8.50. The van der Waals surface area contributed by atoms with Crippen LogP contribution in [0.1, 0.15) is 12.0 Å². The van der Waals surface area contributed by atoms with E-state index in [1.807, 2.05) is 20.0 Å². The van der Waals surface area contributed by atoms with E-state index in [1.165, 1.54) is 0 Å². The van der Waals surface area contributed by atoms with Gasteiger partial charge in [-0.15, -0.1) is 0 Å². The topological polar surface area (TPSA) is 54.0 Å². The van der Waals surface area contributed by atoms with Crippen LogP contribution in [0.4, 0.5) is 5.82 Å². The highest BCUT2D eigenvalue weighted by Gasteiger charge is 2.01. The van der Waals surface area contributed by atoms with Gasteiger partial charge in [-0.2, -0.15) is 0 Å². The maximum Gasteiger partial charge on any atom is 0.226 e. The minimum Gasteiger partial charge on any atom is -0.319 e. The molecule has 0 aromatic carbocycles. The van der Waals surface area contributed by atoms with Gasteiger partial charge < -0.3 is 10.6 Å². The molecule has 4 nitrogen and oxygen atoms in total. The lowest BCUT2D eigenvalue weighted by Gasteiger charge is -2.03. The fraction of sp³-hybridized carbons (Fsp3) is 0.400. The second-order valence-electron chi connectivity index (χ2n) is 3.12. The number of aryl methyl sites for hydroxylation is 1. The highest BCUT2D eigenvalue weighted by Crippen LogP contribution is 2.03. The van der Waals surface area contributed by atoms with E-state index in [4.69, 9.17) is 0 Å². The zero-order valence-corrected chi connectivity index (χ0v) is 8.50. The third-order valence-electron chi connectivity index (χ3n) is 1.78. The smallest absolute Gasteiger partial charge is 0.226 e. The average molecular weight is 193 g/mol. The number of nitrogens with one attached hydrogen (secondary N) is 2. The molecule has 0 aliphatic carbocycles. The first kappa shape index (κ1) is 10.7. The first-order valence-electron chi connectivity index (χ1n) is 4.59. The molecule has 0 aliphatic rings. The van der Waals surface area contributed by atoms with Crippen LogP contribution in [0.5, 0.6) is 0 Å². The first-order valence-corrected chi connectivity index (χ1v) is 4.59. The molecule has 0 spiro atoms. The maximum absolute atomic E-state index is 11.3. The normalized spacial score (nSPS) is 9.86. The molecule has 4 heteroatoms. The summed E-state index contributed by atoms with van der Waals surface area (Å²) in [5.74, 6) is 0.590. The molecule has 0 atom stereocenters. The number of nitrogens with zero attached hydrogens (tertiary/aromatic N) is 1. The highest BCUT2D eigenvalue weighted by atomic mass is 16.1. The van der Waals surface area contributed by atoms with Crippen molar-refractivity contribution in [2.75, 3.05) is 18.9 Å². The van der Waals surface area contributed by atoms with Crippen LogP contribution < -0.4 is 10.6 Å². The van der Waals surface area contributed by atoms with E-state index in [9.17, 15) is 4.79 Å². The van der Waals surface area contributed by atoms with Gasteiger partial charge in [0.1, 0.15) is 5.82 Å². The summed E-state index contributed by atoms with van der Waals surface area (Å²) in [5, 5.41) is 5.63. The lowest BCUT2D eigenvalue weighted by molar-refractivity contribution is -0.116. The Hall–Kier alpha value is -1.42. The third-order valence-corrected chi connectivity index (χ3v) is 1.78. The fourth-order valence-electron chi connectivity index (χ4n) is 0.986. The second-order valence-corrected chi connectivity index (χ2v) is 3.12. The van der Waals surface area contributed by atoms with Crippen molar-refractivity contribution in [2.24, 2.45) is 0 Å². The third kappa shape index (κ3) is 3.53. The van der Waals surface area contributed by atoms with Crippen molar-refractivity contribution >= 4 is 11.7 Å². The first-order chi connectivity index (χ1) is 6.72. The highest BCUT2D eigenvalue weighted by molar-refractivity contribution is 5.89. The van der Waals surface area contributed by atoms with Crippen LogP contribution in [0.25, 0.3) is 0 Å². The molecule has 2 N–H and O–H groups in total. The minimum absolute atomic E-state index is 0.0179. The minimum atomic E-state index is -0.0179. The molecule has 1 heterocycles. The molecule has 1 amide bonds. The number of carbonyl (C=O) groups excluding carboxylic acids is 1. The van der Waals surface area contributed by atoms with Crippen molar-refractivity contribution in [2.45, 2.75) is 13.3 Å². The predicted octanol–water partition coefficient (Wildman–Crippen LogP) is 0.938. The number of hydrogen-bond donors (Lipinski definition) is 2. The van der Waals surface area contributed by atoms with Gasteiger partial charge >= 0.3 is 0 Å². The number of amides is 1. The average Bonchev–Trinajstić information content (AvgIpc) is 2.18. The van der Waals surface area contributed by atoms with E-state index < -0.39 is 0 Å². The van der Waals surface area contributed by atoms with Crippen LogP contribution in [0, 0.1) is 6.92 Å². The summed E-state index contributed by atoms with van der Waals surface area (Å²) in [6.07, 6.45) is 2.19. The predicted molar refractivity (Wildman–Crippen MR) is 56.1 cm³/mol. The molecule has 1 rings (SSSR count). The molecule has 1 aromatic rings. The summed E-state index contributed by atoms with van der Waals surface area (Å²) >= 11 is 0. The Kier molecular flexibility index (Phi) is 4.07. The summed E-state index contributed by atoms with van der Waals surface area (Å²) in [5.41, 5.74) is 1.08. The summed E-state index contributed by atoms with van der Waals surface area (Å²) in [6.45, 7) is 2.64. The van der Waals surface area contributed by atoms with Crippen LogP contribution in [-0.4, -0.2) is 24.5 Å². The summed E-state index contributed by atoms with van der Waals surface area (Å²) in [7, 11) is 1.82. The number of aromatic nitrogens is 1. The molecule has 1 aromatic heterocycles. The monoisotopic (exact) mass is 193 g/mol. The summed E-state index contributed by atoms with van der Waals surface area (Å²) in [6, 6.07) is 3.72. The molecule has 76 valence electrons. The van der Waals surface area contributed by atoms with Gasteiger partial charge in [0, 0.05) is 19.2 Å². The van der Waals surface area contributed by atoms with Crippen molar-refractivity contribution in [1.82, 2.24) is 10.3 Å². The van der Waals surface area contributed by atoms with Gasteiger partial charge in [-0.1, -0.05) is 6.07 Å². The van der Waals surface area contributed by atoms with Gasteiger partial charge in [0.05, 0.1) is 0 Å². The number of rotatable bonds is 4. The molecule has 0 radical (unpaired) electrons. The Balaban J connectivity index is 2.44. The van der Waals surface area contributed by atoms with Crippen LogP contribution in [0.3, 0.4) is 0 Å². The van der Waals surface area contributed by atoms with Gasteiger partial charge in [-0.3, -0.25) is 4.79 Å². The maximum atomic E-state index is 11.3. The molecular formula is C10H15N3O. The Morgan fingerprint density at radius 2 is 2.29 bits per heavy atom. The molecular weight excluding hydrogens is 178 g/mol. The summed E-state index contributed by atoms with van der Waals surface area (Å²) < 4.78 is 0. The van der Waals surface area contributed by atoms with Crippen molar-refractivity contribution in [3.63, 3.8) is 0 Å². The van der Waals surface area contributed by atoms with Gasteiger partial charge in [0.15, 0.2) is 0 Å².